The second kappa shape index (κ2) is 9.54. The highest BCUT2D eigenvalue weighted by atomic mass is 16.4. The summed E-state index contributed by atoms with van der Waals surface area (Å²) >= 11 is 0. The van der Waals surface area contributed by atoms with Gasteiger partial charge in [-0.1, -0.05) is 60.7 Å². The second-order valence-electron chi connectivity index (χ2n) is 9.71. The van der Waals surface area contributed by atoms with Gasteiger partial charge in [0.2, 0.25) is 0 Å². The summed E-state index contributed by atoms with van der Waals surface area (Å²) in [5.74, 6) is 2.16. The quantitative estimate of drug-likeness (QED) is 0.564. The minimum Gasteiger partial charge on any atom is -0.455 e. The third kappa shape index (κ3) is 4.75. The number of piperidine rings is 1. The van der Waals surface area contributed by atoms with Crippen molar-refractivity contribution in [2.24, 2.45) is 5.92 Å². The van der Waals surface area contributed by atoms with Crippen LogP contribution in [0, 0.1) is 5.92 Å². The van der Waals surface area contributed by atoms with Crippen LogP contribution in [-0.2, 0) is 13.1 Å². The number of amides is 1. The third-order valence-corrected chi connectivity index (χ3v) is 7.13. The number of carbonyl (C=O) groups is 1. The Bertz CT molecular complexity index is 1060. The molecule has 1 aromatic heterocycles. The number of likely N-dealkylation sites (tertiary alicyclic amines) is 2. The van der Waals surface area contributed by atoms with Gasteiger partial charge in [-0.3, -0.25) is 9.69 Å². The lowest BCUT2D eigenvalue weighted by atomic mass is 9.81. The molecular weight excluding hydrogens is 410 g/mol. The summed E-state index contributed by atoms with van der Waals surface area (Å²) in [6.45, 7) is 4.24. The molecule has 0 unspecified atom stereocenters. The topological polar surface area (TPSA) is 39.9 Å². The standard InChI is InChI=1S/C28H33N3O2/c1-29(2)18-23-13-14-27(33-23)28(32)30-16-15-26-25(20-30)24(22-11-7-4-8-12-22)19-31(26)17-21-9-5-3-6-10-21/h3-14,24-26H,15-20H2,1-2H3/t24-,25-,26-/m1/s1. The van der Waals surface area contributed by atoms with Crippen LogP contribution in [0.2, 0.25) is 0 Å². The predicted molar refractivity (Wildman–Crippen MR) is 130 cm³/mol. The van der Waals surface area contributed by atoms with Gasteiger partial charge >= 0.3 is 0 Å². The molecule has 33 heavy (non-hydrogen) atoms. The minimum absolute atomic E-state index is 0.0202. The van der Waals surface area contributed by atoms with Gasteiger partial charge in [-0.15, -0.1) is 0 Å². The zero-order valence-electron chi connectivity index (χ0n) is 19.6. The number of fused-ring (bicyclic) bond motifs is 1. The maximum Gasteiger partial charge on any atom is 0.289 e. The zero-order chi connectivity index (χ0) is 22.8. The van der Waals surface area contributed by atoms with E-state index in [0.717, 1.165) is 38.4 Å². The van der Waals surface area contributed by atoms with Crippen LogP contribution in [0.1, 0.15) is 39.8 Å². The highest BCUT2D eigenvalue weighted by Gasteiger charge is 2.46. The Labute approximate surface area is 196 Å². The first kappa shape index (κ1) is 21.9. The number of hydrogen-bond acceptors (Lipinski definition) is 4. The summed E-state index contributed by atoms with van der Waals surface area (Å²) in [4.78, 5) is 20.0. The molecule has 2 saturated heterocycles. The van der Waals surface area contributed by atoms with Crippen molar-refractivity contribution >= 4 is 5.91 Å². The summed E-state index contributed by atoms with van der Waals surface area (Å²) in [6.07, 6.45) is 0.998. The van der Waals surface area contributed by atoms with Crippen LogP contribution in [0.15, 0.2) is 77.2 Å². The summed E-state index contributed by atoms with van der Waals surface area (Å²) in [7, 11) is 4.00. The fourth-order valence-corrected chi connectivity index (χ4v) is 5.62. The van der Waals surface area contributed by atoms with E-state index in [1.54, 1.807) is 0 Å². The van der Waals surface area contributed by atoms with Gasteiger partial charge in [-0.25, -0.2) is 0 Å². The van der Waals surface area contributed by atoms with Crippen molar-refractivity contribution in [1.82, 2.24) is 14.7 Å². The predicted octanol–water partition coefficient (Wildman–Crippen LogP) is 4.47. The van der Waals surface area contributed by atoms with Crippen molar-refractivity contribution in [2.75, 3.05) is 33.7 Å². The molecule has 2 aliphatic heterocycles. The van der Waals surface area contributed by atoms with Crippen LogP contribution in [0.3, 0.4) is 0 Å². The molecule has 172 valence electrons. The largest absolute Gasteiger partial charge is 0.455 e. The van der Waals surface area contributed by atoms with Gasteiger partial charge in [0.15, 0.2) is 5.76 Å². The molecule has 2 aliphatic rings. The maximum absolute atomic E-state index is 13.3. The van der Waals surface area contributed by atoms with Gasteiger partial charge in [0.25, 0.3) is 5.91 Å². The molecule has 5 nitrogen and oxygen atoms in total. The van der Waals surface area contributed by atoms with Crippen LogP contribution in [0.4, 0.5) is 0 Å². The van der Waals surface area contributed by atoms with Crippen molar-refractivity contribution in [3.8, 4) is 0 Å². The molecule has 0 aliphatic carbocycles. The molecule has 0 saturated carbocycles. The zero-order valence-corrected chi connectivity index (χ0v) is 19.6. The van der Waals surface area contributed by atoms with E-state index < -0.39 is 0 Å². The van der Waals surface area contributed by atoms with E-state index in [9.17, 15) is 4.79 Å². The van der Waals surface area contributed by atoms with Crippen LogP contribution >= 0.6 is 0 Å². The summed E-state index contributed by atoms with van der Waals surface area (Å²) in [5.41, 5.74) is 2.73. The van der Waals surface area contributed by atoms with E-state index in [0.29, 0.717) is 30.2 Å². The summed E-state index contributed by atoms with van der Waals surface area (Å²) < 4.78 is 5.89. The lowest BCUT2D eigenvalue weighted by Gasteiger charge is -2.39. The first-order chi connectivity index (χ1) is 16.1. The smallest absolute Gasteiger partial charge is 0.289 e. The molecular formula is C28H33N3O2. The SMILES string of the molecule is CN(C)Cc1ccc(C(=O)N2CC[C@@H]3[C@H](C2)[C@@H](c2ccccc2)CN3Cc2ccccc2)o1. The van der Waals surface area contributed by atoms with E-state index in [2.05, 4.69) is 65.6 Å². The Hall–Kier alpha value is -2.89. The van der Waals surface area contributed by atoms with E-state index in [1.165, 1.54) is 11.1 Å². The number of benzene rings is 2. The lowest BCUT2D eigenvalue weighted by molar-refractivity contribution is 0.0551. The van der Waals surface area contributed by atoms with Crippen LogP contribution in [0.5, 0.6) is 0 Å². The fraction of sp³-hybridized carbons (Fsp3) is 0.393. The molecule has 2 fully saturated rings. The Morgan fingerprint density at radius 2 is 1.70 bits per heavy atom. The highest BCUT2D eigenvalue weighted by molar-refractivity contribution is 5.91. The molecule has 0 N–H and O–H groups in total. The second-order valence-corrected chi connectivity index (χ2v) is 9.71. The van der Waals surface area contributed by atoms with Crippen molar-refractivity contribution in [3.05, 3.63) is 95.4 Å². The first-order valence-corrected chi connectivity index (χ1v) is 11.9. The average molecular weight is 444 g/mol. The fourth-order valence-electron chi connectivity index (χ4n) is 5.62. The van der Waals surface area contributed by atoms with Crippen molar-refractivity contribution in [2.45, 2.75) is 31.5 Å². The Morgan fingerprint density at radius 1 is 0.970 bits per heavy atom. The van der Waals surface area contributed by atoms with Crippen LogP contribution in [-0.4, -0.2) is 60.4 Å². The molecule has 3 aromatic rings. The van der Waals surface area contributed by atoms with E-state index >= 15 is 0 Å². The van der Waals surface area contributed by atoms with Gasteiger partial charge in [0, 0.05) is 44.1 Å². The lowest BCUT2D eigenvalue weighted by Crippen LogP contribution is -2.48. The summed E-state index contributed by atoms with van der Waals surface area (Å²) in [6, 6.07) is 25.8. The van der Waals surface area contributed by atoms with Gasteiger partial charge in [0.1, 0.15) is 5.76 Å². The minimum atomic E-state index is 0.0202. The highest BCUT2D eigenvalue weighted by Crippen LogP contribution is 2.42. The third-order valence-electron chi connectivity index (χ3n) is 7.13. The molecule has 3 atom stereocenters. The monoisotopic (exact) mass is 443 g/mol. The van der Waals surface area contributed by atoms with Gasteiger partial charge in [-0.2, -0.15) is 0 Å². The van der Waals surface area contributed by atoms with Crippen LogP contribution in [0.25, 0.3) is 0 Å². The number of nitrogens with zero attached hydrogens (tertiary/aromatic N) is 3. The number of furan rings is 1. The Balaban J connectivity index is 1.35. The van der Waals surface area contributed by atoms with Gasteiger partial charge in [-0.05, 0) is 43.8 Å². The Morgan fingerprint density at radius 3 is 2.42 bits per heavy atom. The van der Waals surface area contributed by atoms with Crippen molar-refractivity contribution in [3.63, 3.8) is 0 Å². The molecule has 0 radical (unpaired) electrons. The number of hydrogen-bond donors (Lipinski definition) is 0. The molecule has 1 amide bonds. The van der Waals surface area contributed by atoms with Gasteiger partial charge < -0.3 is 14.2 Å². The molecule has 2 aromatic carbocycles. The molecule has 0 spiro atoms. The maximum atomic E-state index is 13.3. The van der Waals surface area contributed by atoms with Crippen LogP contribution < -0.4 is 0 Å². The normalized spacial score (nSPS) is 23.1. The van der Waals surface area contributed by atoms with E-state index in [-0.39, 0.29) is 5.91 Å². The summed E-state index contributed by atoms with van der Waals surface area (Å²) in [5, 5.41) is 0. The molecule has 5 heteroatoms. The van der Waals surface area contributed by atoms with Gasteiger partial charge in [0.05, 0.1) is 6.54 Å². The molecule has 3 heterocycles. The molecule has 0 bridgehead atoms. The average Bonchev–Trinajstić information content (AvgIpc) is 3.44. The Kier molecular flexibility index (Phi) is 6.34. The van der Waals surface area contributed by atoms with E-state index in [4.69, 9.17) is 4.42 Å². The van der Waals surface area contributed by atoms with Crippen molar-refractivity contribution in [1.29, 1.82) is 0 Å². The van der Waals surface area contributed by atoms with Crippen molar-refractivity contribution < 1.29 is 9.21 Å². The number of rotatable bonds is 6. The first-order valence-electron chi connectivity index (χ1n) is 11.9. The van der Waals surface area contributed by atoms with E-state index in [1.807, 2.05) is 36.0 Å². The number of carbonyl (C=O) groups excluding carboxylic acids is 1. The molecule has 5 rings (SSSR count).